The lowest BCUT2D eigenvalue weighted by atomic mass is 9.81. The number of nitrogens with zero attached hydrogens (tertiary/aromatic N) is 4. The van der Waals surface area contributed by atoms with Crippen LogP contribution in [0.2, 0.25) is 0 Å². The van der Waals surface area contributed by atoms with Crippen LogP contribution in [0.25, 0.3) is 33.1 Å². The summed E-state index contributed by atoms with van der Waals surface area (Å²) in [5.74, 6) is 1.07. The van der Waals surface area contributed by atoms with E-state index in [1.807, 2.05) is 24.4 Å². The quantitative estimate of drug-likeness (QED) is 0.427. The Balaban J connectivity index is 1.41. The minimum Gasteiger partial charge on any atom is -0.480 e. The molecule has 0 bridgehead atoms. The molecule has 1 saturated carbocycles. The lowest BCUT2D eigenvalue weighted by Gasteiger charge is -2.38. The highest BCUT2D eigenvalue weighted by atomic mass is 16.5. The number of carbonyl (C=O) groups excluding carboxylic acids is 1. The van der Waals surface area contributed by atoms with E-state index in [0.29, 0.717) is 17.5 Å². The lowest BCUT2D eigenvalue weighted by molar-refractivity contribution is -0.121. The van der Waals surface area contributed by atoms with E-state index >= 15 is 0 Å². The van der Waals surface area contributed by atoms with Crippen molar-refractivity contribution >= 4 is 33.8 Å². The smallest absolute Gasteiger partial charge is 0.228 e. The molecule has 1 amide bonds. The molecule has 1 aliphatic rings. The van der Waals surface area contributed by atoms with Crippen molar-refractivity contribution in [3.63, 3.8) is 0 Å². The Kier molecular flexibility index (Phi) is 5.32. The van der Waals surface area contributed by atoms with Crippen LogP contribution in [0.3, 0.4) is 0 Å². The SMILES string of the molecule is COc1nc(NC2CCC(C)(NC(C)=O)CC2)nc2[nH]cc(-c3ccc4nnccc4c3)c12. The van der Waals surface area contributed by atoms with Crippen LogP contribution < -0.4 is 15.4 Å². The second kappa shape index (κ2) is 8.31. The average Bonchev–Trinajstić information content (AvgIpc) is 3.23. The summed E-state index contributed by atoms with van der Waals surface area (Å²) in [6.07, 6.45) is 7.28. The van der Waals surface area contributed by atoms with Gasteiger partial charge in [-0.25, -0.2) is 0 Å². The van der Waals surface area contributed by atoms with E-state index in [-0.39, 0.29) is 17.5 Å². The molecule has 1 aliphatic carbocycles. The zero-order valence-corrected chi connectivity index (χ0v) is 19.0. The van der Waals surface area contributed by atoms with E-state index in [0.717, 1.165) is 53.1 Å². The van der Waals surface area contributed by atoms with Gasteiger partial charge in [-0.2, -0.15) is 20.2 Å². The molecule has 0 atom stereocenters. The molecule has 1 aromatic carbocycles. The normalized spacial score (nSPS) is 20.6. The van der Waals surface area contributed by atoms with Gasteiger partial charge < -0.3 is 20.4 Å². The molecule has 33 heavy (non-hydrogen) atoms. The first-order valence-corrected chi connectivity index (χ1v) is 11.1. The predicted molar refractivity (Wildman–Crippen MR) is 127 cm³/mol. The molecule has 3 N–H and O–H groups in total. The Morgan fingerprint density at radius 3 is 2.79 bits per heavy atom. The van der Waals surface area contributed by atoms with Crippen molar-refractivity contribution in [3.8, 4) is 17.0 Å². The molecule has 9 heteroatoms. The zero-order valence-electron chi connectivity index (χ0n) is 19.0. The van der Waals surface area contributed by atoms with Crippen LogP contribution in [0.1, 0.15) is 39.5 Å². The van der Waals surface area contributed by atoms with Gasteiger partial charge in [-0.1, -0.05) is 6.07 Å². The first-order chi connectivity index (χ1) is 15.9. The van der Waals surface area contributed by atoms with Gasteiger partial charge in [0.25, 0.3) is 0 Å². The van der Waals surface area contributed by atoms with Gasteiger partial charge in [-0.3, -0.25) is 4.79 Å². The van der Waals surface area contributed by atoms with E-state index < -0.39 is 0 Å². The van der Waals surface area contributed by atoms with Gasteiger partial charge in [0.15, 0.2) is 0 Å². The van der Waals surface area contributed by atoms with E-state index in [1.165, 1.54) is 0 Å². The summed E-state index contributed by atoms with van der Waals surface area (Å²) in [6.45, 7) is 3.68. The van der Waals surface area contributed by atoms with Gasteiger partial charge in [-0.05, 0) is 56.4 Å². The van der Waals surface area contributed by atoms with Crippen LogP contribution in [0.4, 0.5) is 5.95 Å². The largest absolute Gasteiger partial charge is 0.480 e. The van der Waals surface area contributed by atoms with E-state index in [1.54, 1.807) is 20.2 Å². The summed E-state index contributed by atoms with van der Waals surface area (Å²) in [5.41, 5.74) is 3.40. The summed E-state index contributed by atoms with van der Waals surface area (Å²) in [5, 5.41) is 16.5. The van der Waals surface area contributed by atoms with Gasteiger partial charge >= 0.3 is 0 Å². The average molecular weight is 446 g/mol. The highest BCUT2D eigenvalue weighted by Crippen LogP contribution is 2.36. The second-order valence-corrected chi connectivity index (χ2v) is 8.95. The van der Waals surface area contributed by atoms with Crippen molar-refractivity contribution < 1.29 is 9.53 Å². The fourth-order valence-corrected chi connectivity index (χ4v) is 4.73. The van der Waals surface area contributed by atoms with Gasteiger partial charge in [0.05, 0.1) is 24.2 Å². The van der Waals surface area contributed by atoms with Crippen LogP contribution in [0.5, 0.6) is 5.88 Å². The Morgan fingerprint density at radius 1 is 1.21 bits per heavy atom. The first-order valence-electron chi connectivity index (χ1n) is 11.1. The van der Waals surface area contributed by atoms with Crippen LogP contribution in [-0.2, 0) is 4.79 Å². The number of anilines is 1. The van der Waals surface area contributed by atoms with Crippen LogP contribution in [0, 0.1) is 0 Å². The van der Waals surface area contributed by atoms with E-state index in [9.17, 15) is 4.79 Å². The third-order valence-corrected chi connectivity index (χ3v) is 6.42. The van der Waals surface area contributed by atoms with E-state index in [4.69, 9.17) is 9.72 Å². The number of ether oxygens (including phenoxy) is 1. The summed E-state index contributed by atoms with van der Waals surface area (Å²) >= 11 is 0. The number of carbonyl (C=O) groups is 1. The molecule has 0 radical (unpaired) electrons. The maximum atomic E-state index is 11.5. The minimum absolute atomic E-state index is 0.0179. The number of methoxy groups -OCH3 is 1. The van der Waals surface area contributed by atoms with Crippen LogP contribution >= 0.6 is 0 Å². The number of nitrogens with one attached hydrogen (secondary N) is 3. The summed E-state index contributed by atoms with van der Waals surface area (Å²) in [6, 6.07) is 8.23. The maximum Gasteiger partial charge on any atom is 0.228 e. The van der Waals surface area contributed by atoms with Crippen molar-refractivity contribution in [3.05, 3.63) is 36.7 Å². The lowest BCUT2D eigenvalue weighted by Crippen LogP contribution is -2.49. The summed E-state index contributed by atoms with van der Waals surface area (Å²) in [4.78, 5) is 24.1. The van der Waals surface area contributed by atoms with Crippen LogP contribution in [0.15, 0.2) is 36.7 Å². The number of hydrogen-bond acceptors (Lipinski definition) is 7. The molecule has 3 heterocycles. The maximum absolute atomic E-state index is 11.5. The molecule has 9 nitrogen and oxygen atoms in total. The van der Waals surface area contributed by atoms with Crippen molar-refractivity contribution in [1.29, 1.82) is 0 Å². The molecule has 3 aromatic heterocycles. The predicted octanol–water partition coefficient (Wildman–Crippen LogP) is 3.83. The first kappa shape index (κ1) is 21.1. The molecular weight excluding hydrogens is 418 g/mol. The van der Waals surface area contributed by atoms with Gasteiger partial charge in [-0.15, -0.1) is 0 Å². The van der Waals surface area contributed by atoms with Gasteiger partial charge in [0, 0.05) is 35.7 Å². The molecule has 4 aromatic rings. The molecule has 5 rings (SSSR count). The molecule has 1 fully saturated rings. The molecule has 0 unspecified atom stereocenters. The summed E-state index contributed by atoms with van der Waals surface area (Å²) in [7, 11) is 1.62. The topological polar surface area (TPSA) is 118 Å². The van der Waals surface area contributed by atoms with Gasteiger partial charge in [0.1, 0.15) is 5.65 Å². The third kappa shape index (κ3) is 4.18. The number of hydrogen-bond donors (Lipinski definition) is 3. The number of aromatic nitrogens is 5. The minimum atomic E-state index is -0.147. The highest BCUT2D eigenvalue weighted by Gasteiger charge is 2.32. The number of H-pyrrole nitrogens is 1. The highest BCUT2D eigenvalue weighted by molar-refractivity contribution is 5.99. The fourth-order valence-electron chi connectivity index (χ4n) is 4.73. The Bertz CT molecular complexity index is 1330. The third-order valence-electron chi connectivity index (χ3n) is 6.42. The number of amides is 1. The van der Waals surface area contributed by atoms with Crippen molar-refractivity contribution in [1.82, 2.24) is 30.5 Å². The molecule has 170 valence electrons. The fraction of sp³-hybridized carbons (Fsp3) is 0.375. The number of aromatic amines is 1. The zero-order chi connectivity index (χ0) is 23.0. The van der Waals surface area contributed by atoms with Crippen molar-refractivity contribution in [2.75, 3.05) is 12.4 Å². The Labute approximate surface area is 191 Å². The van der Waals surface area contributed by atoms with Crippen molar-refractivity contribution in [2.45, 2.75) is 51.1 Å². The standard InChI is InChI=1S/C24H27N7O2/c1-14(32)30-24(2)9-6-17(7-10-24)27-23-28-21-20(22(29-23)33-3)18(13-25-21)15-4-5-19-16(12-15)8-11-26-31-19/h4-5,8,11-13,17H,6-7,9-10H2,1-3H3,(H,30,32)(H2,25,27,28,29). The molecule has 0 aliphatic heterocycles. The molecular formula is C24H27N7O2. The summed E-state index contributed by atoms with van der Waals surface area (Å²) < 4.78 is 5.66. The number of rotatable bonds is 5. The van der Waals surface area contributed by atoms with E-state index in [2.05, 4.69) is 43.8 Å². The van der Waals surface area contributed by atoms with Gasteiger partial charge in [0.2, 0.25) is 17.7 Å². The monoisotopic (exact) mass is 445 g/mol. The second-order valence-electron chi connectivity index (χ2n) is 8.95. The number of fused-ring (bicyclic) bond motifs is 2. The Hall–Kier alpha value is -3.75. The van der Waals surface area contributed by atoms with Crippen LogP contribution in [-0.4, -0.2) is 49.7 Å². The number of benzene rings is 1. The molecule has 0 spiro atoms. The molecule has 0 saturated heterocycles. The van der Waals surface area contributed by atoms with Crippen molar-refractivity contribution in [2.24, 2.45) is 0 Å². The Morgan fingerprint density at radius 2 is 2.03 bits per heavy atom.